The molecular weight excluding hydrogens is 434 g/mol. The van der Waals surface area contributed by atoms with Gasteiger partial charge in [0.05, 0.1) is 5.75 Å². The Balaban J connectivity index is 1.30. The van der Waals surface area contributed by atoms with Crippen molar-refractivity contribution in [3.05, 3.63) is 96.6 Å². The Kier molecular flexibility index (Phi) is 7.04. The molecule has 0 saturated heterocycles. The molecule has 4 rings (SSSR count). The summed E-state index contributed by atoms with van der Waals surface area (Å²) in [5.41, 5.74) is 3.81. The summed E-state index contributed by atoms with van der Waals surface area (Å²) in [6.07, 6.45) is 0. The third kappa shape index (κ3) is 6.09. The van der Waals surface area contributed by atoms with E-state index >= 15 is 0 Å². The van der Waals surface area contributed by atoms with E-state index in [1.807, 2.05) is 91.9 Å². The molecule has 1 amide bonds. The molecule has 0 radical (unpaired) electrons. The second kappa shape index (κ2) is 10.3. The zero-order valence-electron chi connectivity index (χ0n) is 17.6. The van der Waals surface area contributed by atoms with Crippen LogP contribution in [0.5, 0.6) is 0 Å². The van der Waals surface area contributed by atoms with Crippen LogP contribution >= 0.6 is 24.0 Å². The van der Waals surface area contributed by atoms with Gasteiger partial charge in [0.25, 0.3) is 0 Å². The lowest BCUT2D eigenvalue weighted by molar-refractivity contribution is -0.113. The maximum Gasteiger partial charge on any atom is 0.234 e. The number of thioether (sulfide) groups is 1. The average Bonchev–Trinajstić information content (AvgIpc) is 2.79. The van der Waals surface area contributed by atoms with E-state index in [1.54, 1.807) is 0 Å². The minimum Gasteiger partial charge on any atom is -0.332 e. The molecule has 0 spiro atoms. The molecule has 4 nitrogen and oxygen atoms in total. The normalized spacial score (nSPS) is 10.5. The maximum atomic E-state index is 12.4. The van der Waals surface area contributed by atoms with Crippen LogP contribution in [0, 0.1) is 6.92 Å². The van der Waals surface area contributed by atoms with E-state index in [-0.39, 0.29) is 5.91 Å². The summed E-state index contributed by atoms with van der Waals surface area (Å²) in [5.74, 6) is 0.280. The zero-order chi connectivity index (χ0) is 22.3. The lowest BCUT2D eigenvalue weighted by Crippen LogP contribution is -2.19. The van der Waals surface area contributed by atoms with Gasteiger partial charge in [-0.05, 0) is 72.4 Å². The van der Waals surface area contributed by atoms with Gasteiger partial charge in [0.2, 0.25) is 5.91 Å². The van der Waals surface area contributed by atoms with Crippen molar-refractivity contribution < 1.29 is 4.79 Å². The molecule has 0 heterocycles. The van der Waals surface area contributed by atoms with Crippen LogP contribution < -0.4 is 16.0 Å². The number of nitrogens with one attached hydrogen (secondary N) is 3. The van der Waals surface area contributed by atoms with Crippen molar-refractivity contribution >= 4 is 62.8 Å². The molecule has 0 aliphatic heterocycles. The first-order chi connectivity index (χ1) is 15.5. The Morgan fingerprint density at radius 2 is 1.44 bits per heavy atom. The van der Waals surface area contributed by atoms with Gasteiger partial charge in [-0.25, -0.2) is 0 Å². The molecule has 4 aromatic rings. The first-order valence-electron chi connectivity index (χ1n) is 10.2. The van der Waals surface area contributed by atoms with Gasteiger partial charge in [-0.1, -0.05) is 54.1 Å². The number of benzene rings is 4. The monoisotopic (exact) mass is 457 g/mol. The van der Waals surface area contributed by atoms with Crippen LogP contribution in [0.3, 0.4) is 0 Å². The molecule has 0 aliphatic rings. The van der Waals surface area contributed by atoms with Crippen molar-refractivity contribution in [2.45, 2.75) is 11.8 Å². The highest BCUT2D eigenvalue weighted by atomic mass is 32.2. The molecule has 0 aromatic heterocycles. The van der Waals surface area contributed by atoms with Gasteiger partial charge in [-0.3, -0.25) is 4.79 Å². The lowest BCUT2D eigenvalue weighted by Gasteiger charge is -2.12. The number of carbonyl (C=O) groups excluding carboxylic acids is 1. The zero-order valence-corrected chi connectivity index (χ0v) is 19.2. The fourth-order valence-corrected chi connectivity index (χ4v) is 4.20. The van der Waals surface area contributed by atoms with Gasteiger partial charge >= 0.3 is 0 Å². The molecule has 3 N–H and O–H groups in total. The second-order valence-corrected chi connectivity index (χ2v) is 8.83. The highest BCUT2D eigenvalue weighted by molar-refractivity contribution is 8.00. The molecule has 6 heteroatoms. The van der Waals surface area contributed by atoms with Crippen LogP contribution in [0.4, 0.5) is 17.1 Å². The minimum atomic E-state index is -0.0415. The Labute approximate surface area is 197 Å². The standard InChI is InChI=1S/C26H23N3OS2/c1-18-9-12-21(13-10-18)28-26(31)29-22-7-4-8-24(16-22)32-17-25(30)27-23-14-11-19-5-2-3-6-20(19)15-23/h2-16H,17H2,1H3,(H,27,30)(H2,28,29,31). The molecular formula is C26H23N3OS2. The van der Waals surface area contributed by atoms with Crippen molar-refractivity contribution in [1.29, 1.82) is 0 Å². The molecule has 32 heavy (non-hydrogen) atoms. The molecule has 0 unspecified atom stereocenters. The van der Waals surface area contributed by atoms with Crippen molar-refractivity contribution in [2.24, 2.45) is 0 Å². The molecule has 4 aromatic carbocycles. The number of amides is 1. The SMILES string of the molecule is Cc1ccc(NC(=S)Nc2cccc(SCC(=O)Nc3ccc4ccccc4c3)c2)cc1. The Bertz CT molecular complexity index is 1260. The smallest absolute Gasteiger partial charge is 0.234 e. The minimum absolute atomic E-state index is 0.0415. The summed E-state index contributed by atoms with van der Waals surface area (Å²) in [4.78, 5) is 13.4. The van der Waals surface area contributed by atoms with Crippen LogP contribution in [0.2, 0.25) is 0 Å². The van der Waals surface area contributed by atoms with Crippen molar-refractivity contribution in [3.8, 4) is 0 Å². The predicted octanol–water partition coefficient (Wildman–Crippen LogP) is 6.69. The second-order valence-electron chi connectivity index (χ2n) is 7.37. The van der Waals surface area contributed by atoms with Gasteiger partial charge < -0.3 is 16.0 Å². The van der Waals surface area contributed by atoms with E-state index < -0.39 is 0 Å². The van der Waals surface area contributed by atoms with Gasteiger partial charge in [0.15, 0.2) is 5.11 Å². The van der Waals surface area contributed by atoms with Crippen LogP contribution in [0.15, 0.2) is 95.9 Å². The Morgan fingerprint density at radius 1 is 0.750 bits per heavy atom. The van der Waals surface area contributed by atoms with Crippen LogP contribution in [-0.2, 0) is 4.79 Å². The van der Waals surface area contributed by atoms with Crippen LogP contribution in [0.25, 0.3) is 10.8 Å². The molecule has 0 bridgehead atoms. The quantitative estimate of drug-likeness (QED) is 0.222. The van der Waals surface area contributed by atoms with E-state index in [9.17, 15) is 4.79 Å². The van der Waals surface area contributed by atoms with Crippen molar-refractivity contribution in [3.63, 3.8) is 0 Å². The Morgan fingerprint density at radius 3 is 2.25 bits per heavy atom. The van der Waals surface area contributed by atoms with E-state index in [0.29, 0.717) is 10.9 Å². The van der Waals surface area contributed by atoms with Crippen molar-refractivity contribution in [1.82, 2.24) is 0 Å². The Hall–Kier alpha value is -3.35. The van der Waals surface area contributed by atoms with E-state index in [0.717, 1.165) is 32.7 Å². The first-order valence-corrected chi connectivity index (χ1v) is 11.6. The van der Waals surface area contributed by atoms with E-state index in [2.05, 4.69) is 22.0 Å². The molecule has 0 fully saturated rings. The van der Waals surface area contributed by atoms with Gasteiger partial charge in [-0.2, -0.15) is 0 Å². The fraction of sp³-hybridized carbons (Fsp3) is 0.0769. The van der Waals surface area contributed by atoms with E-state index in [1.165, 1.54) is 17.3 Å². The molecule has 0 aliphatic carbocycles. The van der Waals surface area contributed by atoms with Gasteiger partial charge in [0.1, 0.15) is 0 Å². The van der Waals surface area contributed by atoms with E-state index in [4.69, 9.17) is 12.2 Å². The van der Waals surface area contributed by atoms with Crippen LogP contribution in [0.1, 0.15) is 5.56 Å². The average molecular weight is 458 g/mol. The number of thiocarbonyl (C=S) groups is 1. The van der Waals surface area contributed by atoms with Gasteiger partial charge in [0, 0.05) is 22.0 Å². The number of fused-ring (bicyclic) bond motifs is 1. The largest absolute Gasteiger partial charge is 0.332 e. The fourth-order valence-electron chi connectivity index (χ4n) is 3.21. The molecule has 0 atom stereocenters. The van der Waals surface area contributed by atoms with Gasteiger partial charge in [-0.15, -0.1) is 11.8 Å². The summed E-state index contributed by atoms with van der Waals surface area (Å²) in [6.45, 7) is 2.05. The molecule has 0 saturated carbocycles. The maximum absolute atomic E-state index is 12.4. The van der Waals surface area contributed by atoms with Crippen molar-refractivity contribution in [2.75, 3.05) is 21.7 Å². The van der Waals surface area contributed by atoms with Crippen LogP contribution in [-0.4, -0.2) is 16.8 Å². The predicted molar refractivity (Wildman–Crippen MR) is 141 cm³/mol. The topological polar surface area (TPSA) is 53.2 Å². The number of rotatable bonds is 6. The number of hydrogen-bond acceptors (Lipinski definition) is 3. The highest BCUT2D eigenvalue weighted by Crippen LogP contribution is 2.23. The summed E-state index contributed by atoms with van der Waals surface area (Å²) in [7, 11) is 0. The third-order valence-electron chi connectivity index (χ3n) is 4.80. The number of anilines is 3. The third-order valence-corrected chi connectivity index (χ3v) is 6.00. The first kappa shape index (κ1) is 21.9. The highest BCUT2D eigenvalue weighted by Gasteiger charge is 2.06. The summed E-state index contributed by atoms with van der Waals surface area (Å²) >= 11 is 6.90. The summed E-state index contributed by atoms with van der Waals surface area (Å²) in [6, 6.07) is 29.9. The summed E-state index contributed by atoms with van der Waals surface area (Å²) < 4.78 is 0. The number of hydrogen-bond donors (Lipinski definition) is 3. The number of aryl methyl sites for hydroxylation is 1. The molecule has 160 valence electrons. The lowest BCUT2D eigenvalue weighted by atomic mass is 10.1. The number of carbonyl (C=O) groups is 1. The summed E-state index contributed by atoms with van der Waals surface area (Å²) in [5, 5.41) is 12.1.